The van der Waals surface area contributed by atoms with Gasteiger partial charge in [-0.2, -0.15) is 0 Å². The minimum Gasteiger partial charge on any atom is -0.501 e. The third-order valence-electron chi connectivity index (χ3n) is 6.67. The zero-order valence-corrected chi connectivity index (χ0v) is 21.8. The Morgan fingerprint density at radius 2 is 1.95 bits per heavy atom. The number of aryl methyl sites for hydroxylation is 1. The van der Waals surface area contributed by atoms with Gasteiger partial charge >= 0.3 is 11.8 Å². The molecular weight excluding hydrogens is 485 g/mol. The first-order valence-corrected chi connectivity index (χ1v) is 11.7. The number of likely N-dealkylation sites (N-methyl/N-ethyl adjacent to an activating group) is 2. The summed E-state index contributed by atoms with van der Waals surface area (Å²) >= 11 is 0. The summed E-state index contributed by atoms with van der Waals surface area (Å²) in [7, 11) is 5.80. The van der Waals surface area contributed by atoms with Crippen molar-refractivity contribution in [2.75, 3.05) is 28.3 Å². The van der Waals surface area contributed by atoms with Crippen LogP contribution in [0.4, 0.5) is 4.39 Å². The van der Waals surface area contributed by atoms with E-state index in [-0.39, 0.29) is 31.2 Å². The van der Waals surface area contributed by atoms with E-state index in [1.807, 2.05) is 0 Å². The molecule has 0 saturated heterocycles. The molecule has 1 aromatic heterocycles. The molecule has 37 heavy (non-hydrogen) atoms. The number of methoxy groups -OCH3 is 1. The number of carbonyl (C=O) groups is 3. The summed E-state index contributed by atoms with van der Waals surface area (Å²) in [5, 5.41) is 13.2. The molecule has 3 rings (SSSR count). The van der Waals surface area contributed by atoms with E-state index in [2.05, 4.69) is 10.3 Å². The van der Waals surface area contributed by atoms with Crippen molar-refractivity contribution in [2.45, 2.75) is 51.4 Å². The van der Waals surface area contributed by atoms with Crippen molar-refractivity contribution in [1.29, 1.82) is 0 Å². The molecule has 0 bridgehead atoms. The van der Waals surface area contributed by atoms with E-state index >= 15 is 0 Å². The van der Waals surface area contributed by atoms with Gasteiger partial charge in [0.05, 0.1) is 18.2 Å². The first-order valence-electron chi connectivity index (χ1n) is 11.7. The molecule has 0 aliphatic carbocycles. The number of aromatic nitrogens is 2. The normalized spacial score (nSPS) is 18.9. The van der Waals surface area contributed by atoms with E-state index < -0.39 is 46.4 Å². The number of rotatable bonds is 5. The fourth-order valence-electron chi connectivity index (χ4n) is 4.21. The van der Waals surface area contributed by atoms with Gasteiger partial charge in [0.15, 0.2) is 5.69 Å². The molecule has 0 fully saturated rings. The fourth-order valence-corrected chi connectivity index (χ4v) is 4.21. The Balaban J connectivity index is 2.04. The van der Waals surface area contributed by atoms with Crippen LogP contribution in [-0.2, 0) is 27.4 Å². The van der Waals surface area contributed by atoms with Gasteiger partial charge in [0, 0.05) is 34.8 Å². The largest absolute Gasteiger partial charge is 0.501 e. The topological polar surface area (TPSA) is 134 Å². The van der Waals surface area contributed by atoms with Crippen LogP contribution in [-0.4, -0.2) is 76.0 Å². The number of nitrogens with zero attached hydrogens (tertiary/aromatic N) is 4. The van der Waals surface area contributed by atoms with Crippen LogP contribution in [0.15, 0.2) is 23.0 Å². The Bertz CT molecular complexity index is 1290. The molecule has 2 N–H and O–H groups in total. The van der Waals surface area contributed by atoms with Crippen molar-refractivity contribution < 1.29 is 28.6 Å². The van der Waals surface area contributed by atoms with Crippen molar-refractivity contribution >= 4 is 17.7 Å². The highest BCUT2D eigenvalue weighted by Crippen LogP contribution is 2.34. The van der Waals surface area contributed by atoms with E-state index in [4.69, 9.17) is 4.74 Å². The Morgan fingerprint density at radius 3 is 2.54 bits per heavy atom. The first kappa shape index (κ1) is 27.8. The van der Waals surface area contributed by atoms with Gasteiger partial charge in [0.2, 0.25) is 5.75 Å². The van der Waals surface area contributed by atoms with Crippen LogP contribution in [0.3, 0.4) is 0 Å². The van der Waals surface area contributed by atoms with Crippen molar-refractivity contribution in [3.8, 4) is 5.75 Å². The third-order valence-corrected chi connectivity index (χ3v) is 6.67. The van der Waals surface area contributed by atoms with E-state index in [0.717, 1.165) is 4.90 Å². The monoisotopic (exact) mass is 517 g/mol. The standard InChI is InChI=1S/C25H32FN5O6/c1-14-11-15(7-8-16(14)26)12-27-21(33)18-19(32)22(34)31-13-25(2,37-6)10-9-17(20(31)28-18)30(5)24(36)23(35)29(3)4/h7-8,11,17,32H,9-10,12-13H2,1-6H3,(H,27,33)/t17-,25-/m0/s1. The number of carbonyl (C=O) groups excluding carboxylic acids is 3. The number of amides is 3. The second-order valence-corrected chi connectivity index (χ2v) is 9.65. The second kappa shape index (κ2) is 10.7. The molecule has 200 valence electrons. The van der Waals surface area contributed by atoms with E-state index in [1.54, 1.807) is 19.9 Å². The SMILES string of the molecule is CO[C@@]1(C)CC[C@H](N(C)C(=O)C(=O)N(C)C)c2nc(C(=O)NCc3ccc(F)c(C)c3)c(O)c(=O)n2C1. The lowest BCUT2D eigenvalue weighted by Crippen LogP contribution is -2.43. The second-order valence-electron chi connectivity index (χ2n) is 9.65. The smallest absolute Gasteiger partial charge is 0.312 e. The predicted molar refractivity (Wildman–Crippen MR) is 131 cm³/mol. The number of hydrogen-bond donors (Lipinski definition) is 2. The van der Waals surface area contributed by atoms with E-state index in [1.165, 1.54) is 49.9 Å². The number of fused-ring (bicyclic) bond motifs is 1. The maximum atomic E-state index is 13.6. The first-order chi connectivity index (χ1) is 17.3. The summed E-state index contributed by atoms with van der Waals surface area (Å²) in [6, 6.07) is 3.50. The molecule has 11 nitrogen and oxygen atoms in total. The lowest BCUT2D eigenvalue weighted by atomic mass is 9.98. The molecule has 12 heteroatoms. The van der Waals surface area contributed by atoms with Gasteiger partial charge in [-0.05, 0) is 43.9 Å². The highest BCUT2D eigenvalue weighted by atomic mass is 19.1. The molecule has 1 aliphatic heterocycles. The lowest BCUT2D eigenvalue weighted by Gasteiger charge is -2.28. The van der Waals surface area contributed by atoms with Crippen molar-refractivity contribution in [3.05, 3.63) is 57.0 Å². The molecular formula is C25H32FN5O6. The average Bonchev–Trinajstić information content (AvgIpc) is 3.02. The number of nitrogens with one attached hydrogen (secondary N) is 1. The zero-order chi connectivity index (χ0) is 27.7. The summed E-state index contributed by atoms with van der Waals surface area (Å²) in [6.07, 6.45) is 0.678. The predicted octanol–water partition coefficient (Wildman–Crippen LogP) is 1.11. The minimum atomic E-state index is -0.872. The van der Waals surface area contributed by atoms with Gasteiger partial charge in [-0.3, -0.25) is 23.7 Å². The molecule has 1 aromatic carbocycles. The van der Waals surface area contributed by atoms with E-state index in [0.29, 0.717) is 17.5 Å². The maximum absolute atomic E-state index is 13.6. The minimum absolute atomic E-state index is 0.000388. The Morgan fingerprint density at radius 1 is 1.27 bits per heavy atom. The molecule has 2 heterocycles. The van der Waals surface area contributed by atoms with Gasteiger partial charge in [-0.1, -0.05) is 12.1 Å². The number of ether oxygens (including phenoxy) is 1. The molecule has 2 atom stereocenters. The molecule has 1 aliphatic rings. The van der Waals surface area contributed by atoms with Crippen molar-refractivity contribution in [3.63, 3.8) is 0 Å². The zero-order valence-electron chi connectivity index (χ0n) is 21.8. The quantitative estimate of drug-likeness (QED) is 0.568. The summed E-state index contributed by atoms with van der Waals surface area (Å²) in [4.78, 5) is 58.1. The summed E-state index contributed by atoms with van der Waals surface area (Å²) in [5.74, 6) is -3.59. The highest BCUT2D eigenvalue weighted by Gasteiger charge is 2.39. The van der Waals surface area contributed by atoms with Crippen LogP contribution >= 0.6 is 0 Å². The number of halogens is 1. The van der Waals surface area contributed by atoms with Crippen LogP contribution in [0.2, 0.25) is 0 Å². The van der Waals surface area contributed by atoms with Crippen molar-refractivity contribution in [1.82, 2.24) is 24.7 Å². The van der Waals surface area contributed by atoms with Crippen LogP contribution in [0.1, 0.15) is 53.2 Å². The Kier molecular flexibility index (Phi) is 8.01. The number of hydrogen-bond acceptors (Lipinski definition) is 7. The van der Waals surface area contributed by atoms with Gasteiger partial charge in [0.25, 0.3) is 11.5 Å². The number of aromatic hydroxyl groups is 1. The lowest BCUT2D eigenvalue weighted by molar-refractivity contribution is -0.151. The van der Waals surface area contributed by atoms with Crippen LogP contribution in [0.5, 0.6) is 5.75 Å². The summed E-state index contributed by atoms with van der Waals surface area (Å²) < 4.78 is 20.4. The molecule has 0 spiro atoms. The molecule has 0 radical (unpaired) electrons. The highest BCUT2D eigenvalue weighted by molar-refractivity contribution is 6.34. The molecule has 2 aromatic rings. The van der Waals surface area contributed by atoms with Crippen LogP contribution < -0.4 is 10.9 Å². The number of benzene rings is 1. The van der Waals surface area contributed by atoms with Crippen LogP contribution in [0, 0.1) is 12.7 Å². The van der Waals surface area contributed by atoms with Gasteiger partial charge in [0.1, 0.15) is 11.6 Å². The Hall–Kier alpha value is -3.80. The van der Waals surface area contributed by atoms with Crippen molar-refractivity contribution in [2.24, 2.45) is 0 Å². The van der Waals surface area contributed by atoms with Gasteiger partial charge in [-0.25, -0.2) is 9.37 Å². The maximum Gasteiger partial charge on any atom is 0.312 e. The molecule has 0 unspecified atom stereocenters. The molecule has 0 saturated carbocycles. The summed E-state index contributed by atoms with van der Waals surface area (Å²) in [5.41, 5.74) is -1.20. The van der Waals surface area contributed by atoms with E-state index in [9.17, 15) is 28.7 Å². The summed E-state index contributed by atoms with van der Waals surface area (Å²) in [6.45, 7) is 3.38. The average molecular weight is 518 g/mol. The fraction of sp³-hybridized carbons (Fsp3) is 0.480. The third kappa shape index (κ3) is 5.63. The Labute approximate surface area is 213 Å². The van der Waals surface area contributed by atoms with Gasteiger partial charge < -0.3 is 25.0 Å². The van der Waals surface area contributed by atoms with Crippen LogP contribution in [0.25, 0.3) is 0 Å². The molecule has 3 amide bonds. The van der Waals surface area contributed by atoms with Gasteiger partial charge in [-0.15, -0.1) is 0 Å².